The first kappa shape index (κ1) is 13.0. The predicted molar refractivity (Wildman–Crippen MR) is 64.6 cm³/mol. The number of methoxy groups -OCH3 is 1. The Hall–Kier alpha value is -1.07. The highest BCUT2D eigenvalue weighted by Gasteiger charge is 2.13. The van der Waals surface area contributed by atoms with Crippen LogP contribution in [0.1, 0.15) is 17.3 Å². The van der Waals surface area contributed by atoms with Crippen molar-refractivity contribution in [1.29, 1.82) is 0 Å². The van der Waals surface area contributed by atoms with Crippen molar-refractivity contribution in [3.8, 4) is 5.75 Å². The molecule has 0 aliphatic heterocycles. The van der Waals surface area contributed by atoms with Gasteiger partial charge in [0.25, 0.3) is 5.91 Å². The molecule has 0 saturated heterocycles. The summed E-state index contributed by atoms with van der Waals surface area (Å²) in [6.45, 7) is 2.26. The second-order valence-electron chi connectivity index (χ2n) is 3.49. The van der Waals surface area contributed by atoms with Crippen LogP contribution in [0.15, 0.2) is 22.7 Å². The van der Waals surface area contributed by atoms with Crippen molar-refractivity contribution in [2.75, 3.05) is 13.7 Å². The van der Waals surface area contributed by atoms with E-state index in [1.165, 1.54) is 6.07 Å². The summed E-state index contributed by atoms with van der Waals surface area (Å²) in [6, 6.07) is 4.62. The van der Waals surface area contributed by atoms with Gasteiger partial charge in [-0.25, -0.2) is 0 Å². The third kappa shape index (κ3) is 3.50. The normalized spacial score (nSPS) is 12.2. The molecule has 0 heterocycles. The average molecular weight is 288 g/mol. The molecule has 0 fully saturated rings. The smallest absolute Gasteiger partial charge is 0.255 e. The third-order valence-corrected chi connectivity index (χ3v) is 2.49. The van der Waals surface area contributed by atoms with Gasteiger partial charge in [0.05, 0.1) is 12.2 Å². The average Bonchev–Trinajstić information content (AvgIpc) is 2.21. The van der Waals surface area contributed by atoms with Gasteiger partial charge in [-0.15, -0.1) is 0 Å². The second-order valence-corrected chi connectivity index (χ2v) is 4.41. The first-order chi connectivity index (χ1) is 7.54. The molecule has 2 N–H and O–H groups in total. The van der Waals surface area contributed by atoms with E-state index in [4.69, 9.17) is 4.74 Å². The molecular weight excluding hydrogens is 274 g/mol. The largest absolute Gasteiger partial charge is 0.507 e. The van der Waals surface area contributed by atoms with E-state index >= 15 is 0 Å². The summed E-state index contributed by atoms with van der Waals surface area (Å²) in [5, 5.41) is 12.3. The monoisotopic (exact) mass is 287 g/mol. The highest BCUT2D eigenvalue weighted by atomic mass is 79.9. The minimum atomic E-state index is -0.316. The maximum Gasteiger partial charge on any atom is 0.255 e. The van der Waals surface area contributed by atoms with Gasteiger partial charge < -0.3 is 15.2 Å². The number of phenols is 1. The summed E-state index contributed by atoms with van der Waals surface area (Å²) in [4.78, 5) is 11.8. The van der Waals surface area contributed by atoms with E-state index in [1.807, 2.05) is 6.92 Å². The van der Waals surface area contributed by atoms with Gasteiger partial charge in [-0.2, -0.15) is 0 Å². The summed E-state index contributed by atoms with van der Waals surface area (Å²) in [5.41, 5.74) is 0.248. The molecule has 1 aromatic rings. The number of amides is 1. The van der Waals surface area contributed by atoms with E-state index in [9.17, 15) is 9.90 Å². The Morgan fingerprint density at radius 2 is 2.31 bits per heavy atom. The maximum atomic E-state index is 11.8. The molecule has 0 radical (unpaired) electrons. The van der Waals surface area contributed by atoms with Gasteiger partial charge in [0, 0.05) is 17.6 Å². The zero-order chi connectivity index (χ0) is 12.1. The first-order valence-electron chi connectivity index (χ1n) is 4.83. The Labute approximate surface area is 103 Å². The standard InChI is InChI=1S/C11H14BrNO3/c1-7(6-16-2)13-11(15)9-5-8(12)3-4-10(9)14/h3-5,7,14H,6H2,1-2H3,(H,13,15)/t7-/m0/s1. The highest BCUT2D eigenvalue weighted by molar-refractivity contribution is 9.10. The molecule has 1 amide bonds. The molecule has 0 aromatic heterocycles. The van der Waals surface area contributed by atoms with Crippen molar-refractivity contribution in [3.05, 3.63) is 28.2 Å². The number of hydrogen-bond acceptors (Lipinski definition) is 3. The maximum absolute atomic E-state index is 11.8. The van der Waals surface area contributed by atoms with Crippen LogP contribution in [0, 0.1) is 0 Å². The predicted octanol–water partition coefficient (Wildman–Crippen LogP) is 1.92. The van der Waals surface area contributed by atoms with Gasteiger partial charge in [0.15, 0.2) is 0 Å². The molecule has 1 aromatic carbocycles. The number of halogens is 1. The minimum Gasteiger partial charge on any atom is -0.507 e. The lowest BCUT2D eigenvalue weighted by atomic mass is 10.2. The number of nitrogens with one attached hydrogen (secondary N) is 1. The molecule has 16 heavy (non-hydrogen) atoms. The lowest BCUT2D eigenvalue weighted by Gasteiger charge is -2.13. The van der Waals surface area contributed by atoms with Gasteiger partial charge in [-0.1, -0.05) is 15.9 Å². The molecular formula is C11H14BrNO3. The van der Waals surface area contributed by atoms with Crippen LogP contribution in [0.3, 0.4) is 0 Å². The van der Waals surface area contributed by atoms with Crippen LogP contribution in [-0.4, -0.2) is 30.8 Å². The number of rotatable bonds is 4. The molecule has 1 rings (SSSR count). The van der Waals surface area contributed by atoms with Gasteiger partial charge in [0.1, 0.15) is 5.75 Å². The molecule has 88 valence electrons. The summed E-state index contributed by atoms with van der Waals surface area (Å²) in [5.74, 6) is -0.353. The van der Waals surface area contributed by atoms with E-state index in [0.717, 1.165) is 4.47 Å². The molecule has 4 nitrogen and oxygen atoms in total. The van der Waals surface area contributed by atoms with Crippen molar-refractivity contribution in [1.82, 2.24) is 5.32 Å². The van der Waals surface area contributed by atoms with Gasteiger partial charge in [-0.05, 0) is 25.1 Å². The Bertz CT molecular complexity index is 381. The van der Waals surface area contributed by atoms with Crippen LogP contribution < -0.4 is 5.32 Å². The summed E-state index contributed by atoms with van der Waals surface area (Å²) >= 11 is 3.25. The molecule has 0 saturated carbocycles. The van der Waals surface area contributed by atoms with Gasteiger partial charge >= 0.3 is 0 Å². The molecule has 0 aliphatic rings. The molecule has 5 heteroatoms. The molecule has 1 atom stereocenters. The lowest BCUT2D eigenvalue weighted by Crippen LogP contribution is -2.35. The number of carbonyl (C=O) groups is 1. The first-order valence-corrected chi connectivity index (χ1v) is 5.62. The van der Waals surface area contributed by atoms with Crippen molar-refractivity contribution in [2.45, 2.75) is 13.0 Å². The fraction of sp³-hybridized carbons (Fsp3) is 0.364. The fourth-order valence-corrected chi connectivity index (χ4v) is 1.64. The van der Waals surface area contributed by atoms with Crippen LogP contribution in [-0.2, 0) is 4.74 Å². The van der Waals surface area contributed by atoms with Crippen molar-refractivity contribution >= 4 is 21.8 Å². The third-order valence-electron chi connectivity index (χ3n) is 2.00. The van der Waals surface area contributed by atoms with Crippen LogP contribution in [0.5, 0.6) is 5.75 Å². The van der Waals surface area contributed by atoms with Gasteiger partial charge in [-0.3, -0.25) is 4.79 Å². The number of carbonyl (C=O) groups excluding carboxylic acids is 1. The molecule has 0 bridgehead atoms. The van der Waals surface area contributed by atoms with Crippen LogP contribution in [0.4, 0.5) is 0 Å². The Balaban J connectivity index is 2.76. The number of ether oxygens (including phenoxy) is 1. The second kappa shape index (κ2) is 5.86. The fourth-order valence-electron chi connectivity index (χ4n) is 1.28. The zero-order valence-electron chi connectivity index (χ0n) is 9.16. The van der Waals surface area contributed by atoms with Crippen molar-refractivity contribution < 1.29 is 14.6 Å². The molecule has 0 aliphatic carbocycles. The topological polar surface area (TPSA) is 58.6 Å². The van der Waals surface area contributed by atoms with E-state index in [1.54, 1.807) is 19.2 Å². The zero-order valence-corrected chi connectivity index (χ0v) is 10.7. The minimum absolute atomic E-state index is 0.0367. The van der Waals surface area contributed by atoms with Gasteiger partial charge in [0.2, 0.25) is 0 Å². The Kier molecular flexibility index (Phi) is 4.76. The highest BCUT2D eigenvalue weighted by Crippen LogP contribution is 2.21. The van der Waals surface area contributed by atoms with E-state index in [2.05, 4.69) is 21.2 Å². The Morgan fingerprint density at radius 3 is 2.94 bits per heavy atom. The lowest BCUT2D eigenvalue weighted by molar-refractivity contribution is 0.0903. The van der Waals surface area contributed by atoms with Crippen LogP contribution in [0.2, 0.25) is 0 Å². The number of phenolic OH excluding ortho intramolecular Hbond substituents is 1. The number of aromatic hydroxyl groups is 1. The van der Waals surface area contributed by atoms with E-state index in [-0.39, 0.29) is 23.3 Å². The van der Waals surface area contributed by atoms with Crippen molar-refractivity contribution in [3.63, 3.8) is 0 Å². The number of hydrogen-bond donors (Lipinski definition) is 2. The summed E-state index contributed by atoms with van der Waals surface area (Å²) in [7, 11) is 1.57. The van der Waals surface area contributed by atoms with Crippen LogP contribution >= 0.6 is 15.9 Å². The number of benzene rings is 1. The molecule has 0 spiro atoms. The van der Waals surface area contributed by atoms with E-state index < -0.39 is 0 Å². The quantitative estimate of drug-likeness (QED) is 0.890. The molecule has 0 unspecified atom stereocenters. The SMILES string of the molecule is COC[C@H](C)NC(=O)c1cc(Br)ccc1O. The van der Waals surface area contributed by atoms with Crippen molar-refractivity contribution in [2.24, 2.45) is 0 Å². The van der Waals surface area contributed by atoms with Crippen LogP contribution in [0.25, 0.3) is 0 Å². The Morgan fingerprint density at radius 1 is 1.62 bits per heavy atom. The van der Waals surface area contributed by atoms with E-state index in [0.29, 0.717) is 6.61 Å². The summed E-state index contributed by atoms with van der Waals surface area (Å²) in [6.07, 6.45) is 0. The summed E-state index contributed by atoms with van der Waals surface area (Å²) < 4.78 is 5.65.